The fraction of sp³-hybridized carbons (Fsp3) is 0.923. The van der Waals surface area contributed by atoms with Crippen LogP contribution < -0.4 is 5.32 Å². The van der Waals surface area contributed by atoms with E-state index in [2.05, 4.69) is 5.32 Å². The molecule has 2 saturated heterocycles. The van der Waals surface area contributed by atoms with Crippen molar-refractivity contribution in [3.8, 4) is 0 Å². The molecule has 0 saturated carbocycles. The number of amides is 1. The molecule has 2 rings (SSSR count). The number of sulfonamides is 1. The van der Waals surface area contributed by atoms with Crippen molar-refractivity contribution in [2.45, 2.75) is 31.9 Å². The molecule has 2 aliphatic heterocycles. The van der Waals surface area contributed by atoms with E-state index in [9.17, 15) is 13.2 Å². The van der Waals surface area contributed by atoms with Gasteiger partial charge in [-0.15, -0.1) is 12.4 Å². The molecule has 1 N–H and O–H groups in total. The normalized spacial score (nSPS) is 25.6. The molecule has 22 heavy (non-hydrogen) atoms. The Morgan fingerprint density at radius 3 is 2.77 bits per heavy atom. The van der Waals surface area contributed by atoms with Crippen LogP contribution in [-0.2, 0) is 19.6 Å². The van der Waals surface area contributed by atoms with E-state index >= 15 is 0 Å². The smallest absolute Gasteiger partial charge is 0.236 e. The summed E-state index contributed by atoms with van der Waals surface area (Å²) in [7, 11) is -1.82. The van der Waals surface area contributed by atoms with Crippen LogP contribution in [0.15, 0.2) is 0 Å². The van der Waals surface area contributed by atoms with E-state index < -0.39 is 10.0 Å². The number of hydrogen-bond acceptors (Lipinski definition) is 5. The number of piperazine rings is 1. The molecule has 0 spiro atoms. The second kappa shape index (κ2) is 8.44. The predicted octanol–water partition coefficient (Wildman–Crippen LogP) is -0.331. The second-order valence-corrected chi connectivity index (χ2v) is 7.76. The van der Waals surface area contributed by atoms with Gasteiger partial charge in [0.05, 0.1) is 18.4 Å². The number of carbonyl (C=O) groups excluding carboxylic acids is 1. The van der Waals surface area contributed by atoms with E-state index in [1.165, 1.54) is 11.4 Å². The molecule has 0 aromatic rings. The van der Waals surface area contributed by atoms with Crippen molar-refractivity contribution in [3.05, 3.63) is 0 Å². The molecule has 7 nitrogen and oxygen atoms in total. The zero-order chi connectivity index (χ0) is 15.5. The van der Waals surface area contributed by atoms with Gasteiger partial charge in [0.2, 0.25) is 15.9 Å². The Balaban J connectivity index is 0.00000242. The molecule has 1 amide bonds. The number of piperidine rings is 1. The topological polar surface area (TPSA) is 79.0 Å². The van der Waals surface area contributed by atoms with Crippen molar-refractivity contribution < 1.29 is 17.9 Å². The Morgan fingerprint density at radius 2 is 2.14 bits per heavy atom. The van der Waals surface area contributed by atoms with E-state index in [4.69, 9.17) is 4.74 Å². The summed E-state index contributed by atoms with van der Waals surface area (Å²) in [6, 6.07) is 0.000904. The Kier molecular flexibility index (Phi) is 7.54. The standard InChI is InChI=1S/C13H25N3O4S.ClH/c1-11(20-2)10-21(18,19)15-6-3-4-12(9-15)16-7-5-14-8-13(16)17;/h11-12,14H,3-10H2,1-2H3;1H. The van der Waals surface area contributed by atoms with Gasteiger partial charge in [-0.05, 0) is 19.8 Å². The largest absolute Gasteiger partial charge is 0.381 e. The number of halogens is 1. The summed E-state index contributed by atoms with van der Waals surface area (Å²) >= 11 is 0. The first kappa shape index (κ1) is 19.6. The highest BCUT2D eigenvalue weighted by Gasteiger charge is 2.34. The van der Waals surface area contributed by atoms with Gasteiger partial charge in [0.1, 0.15) is 0 Å². The van der Waals surface area contributed by atoms with Gasteiger partial charge in [0.15, 0.2) is 0 Å². The second-order valence-electron chi connectivity index (χ2n) is 5.74. The number of methoxy groups -OCH3 is 1. The molecule has 2 heterocycles. The van der Waals surface area contributed by atoms with Crippen LogP contribution >= 0.6 is 12.4 Å². The van der Waals surface area contributed by atoms with Crippen LogP contribution in [0.2, 0.25) is 0 Å². The molecule has 0 aliphatic carbocycles. The maximum atomic E-state index is 12.4. The number of nitrogens with zero attached hydrogens (tertiary/aromatic N) is 2. The summed E-state index contributed by atoms with van der Waals surface area (Å²) in [6.07, 6.45) is 1.34. The van der Waals surface area contributed by atoms with Crippen LogP contribution in [0.1, 0.15) is 19.8 Å². The van der Waals surface area contributed by atoms with Crippen molar-refractivity contribution in [2.75, 3.05) is 45.6 Å². The average Bonchev–Trinajstić information content (AvgIpc) is 2.47. The molecule has 9 heteroatoms. The Morgan fingerprint density at radius 1 is 1.41 bits per heavy atom. The maximum absolute atomic E-state index is 12.4. The SMILES string of the molecule is COC(C)CS(=O)(=O)N1CCCC(N2CCNCC2=O)C1.Cl. The number of carbonyl (C=O) groups is 1. The van der Waals surface area contributed by atoms with E-state index in [0.717, 1.165) is 19.4 Å². The van der Waals surface area contributed by atoms with Gasteiger partial charge >= 0.3 is 0 Å². The van der Waals surface area contributed by atoms with E-state index in [0.29, 0.717) is 26.2 Å². The first-order chi connectivity index (χ1) is 9.94. The van der Waals surface area contributed by atoms with Crippen molar-refractivity contribution in [2.24, 2.45) is 0 Å². The van der Waals surface area contributed by atoms with Crippen LogP contribution in [0.5, 0.6) is 0 Å². The van der Waals surface area contributed by atoms with Gasteiger partial charge in [0.25, 0.3) is 0 Å². The molecule has 2 aliphatic rings. The van der Waals surface area contributed by atoms with Crippen LogP contribution in [0.4, 0.5) is 0 Å². The molecule has 2 atom stereocenters. The summed E-state index contributed by atoms with van der Waals surface area (Å²) in [5.74, 6) is 0.0573. The lowest BCUT2D eigenvalue weighted by molar-refractivity contribution is -0.135. The van der Waals surface area contributed by atoms with Gasteiger partial charge in [-0.2, -0.15) is 4.31 Å². The van der Waals surface area contributed by atoms with Crippen molar-refractivity contribution in [1.82, 2.24) is 14.5 Å². The van der Waals surface area contributed by atoms with Crippen LogP contribution in [0.3, 0.4) is 0 Å². The van der Waals surface area contributed by atoms with Gasteiger partial charge in [-0.3, -0.25) is 4.79 Å². The highest BCUT2D eigenvalue weighted by Crippen LogP contribution is 2.20. The molecule has 0 radical (unpaired) electrons. The third-order valence-corrected chi connectivity index (χ3v) is 6.18. The lowest BCUT2D eigenvalue weighted by Crippen LogP contribution is -2.57. The van der Waals surface area contributed by atoms with E-state index in [-0.39, 0.29) is 36.2 Å². The fourth-order valence-corrected chi connectivity index (χ4v) is 4.65. The highest BCUT2D eigenvalue weighted by atomic mass is 35.5. The summed E-state index contributed by atoms with van der Waals surface area (Å²) in [5.41, 5.74) is 0. The Labute approximate surface area is 138 Å². The summed E-state index contributed by atoms with van der Waals surface area (Å²) < 4.78 is 31.4. The molecule has 0 aromatic heterocycles. The Bertz CT molecular complexity index is 474. The number of hydrogen-bond donors (Lipinski definition) is 1. The third kappa shape index (κ3) is 4.79. The van der Waals surface area contributed by atoms with Crippen LogP contribution in [0.25, 0.3) is 0 Å². The molecule has 2 fully saturated rings. The van der Waals surface area contributed by atoms with E-state index in [1.54, 1.807) is 6.92 Å². The predicted molar refractivity (Wildman–Crippen MR) is 86.7 cm³/mol. The fourth-order valence-electron chi connectivity index (χ4n) is 2.91. The summed E-state index contributed by atoms with van der Waals surface area (Å²) in [5, 5.41) is 3.04. The zero-order valence-electron chi connectivity index (χ0n) is 13.2. The van der Waals surface area contributed by atoms with Crippen molar-refractivity contribution in [1.29, 1.82) is 0 Å². The molecule has 130 valence electrons. The minimum absolute atomic E-state index is 0. The van der Waals surface area contributed by atoms with E-state index in [1.807, 2.05) is 4.90 Å². The van der Waals surface area contributed by atoms with Gasteiger partial charge < -0.3 is 15.0 Å². The number of rotatable bonds is 5. The lowest BCUT2D eigenvalue weighted by Gasteiger charge is -2.40. The summed E-state index contributed by atoms with van der Waals surface area (Å²) in [4.78, 5) is 13.8. The van der Waals surface area contributed by atoms with Gasteiger partial charge in [-0.1, -0.05) is 0 Å². The first-order valence-electron chi connectivity index (χ1n) is 7.45. The Hall–Kier alpha value is -0.410. The maximum Gasteiger partial charge on any atom is 0.236 e. The molecule has 0 bridgehead atoms. The lowest BCUT2D eigenvalue weighted by atomic mass is 10.1. The zero-order valence-corrected chi connectivity index (χ0v) is 14.8. The number of ether oxygens (including phenoxy) is 1. The van der Waals surface area contributed by atoms with Gasteiger partial charge in [0, 0.05) is 39.3 Å². The third-order valence-electron chi connectivity index (χ3n) is 4.17. The number of nitrogens with one attached hydrogen (secondary N) is 1. The summed E-state index contributed by atoms with van der Waals surface area (Å²) in [6.45, 7) is 4.48. The molecular weight excluding hydrogens is 330 g/mol. The van der Waals surface area contributed by atoms with Gasteiger partial charge in [-0.25, -0.2) is 8.42 Å². The average molecular weight is 356 g/mol. The molecular formula is C13H26ClN3O4S. The van der Waals surface area contributed by atoms with Crippen molar-refractivity contribution >= 4 is 28.3 Å². The van der Waals surface area contributed by atoms with Crippen molar-refractivity contribution in [3.63, 3.8) is 0 Å². The quantitative estimate of drug-likeness (QED) is 0.730. The first-order valence-corrected chi connectivity index (χ1v) is 9.06. The minimum atomic E-state index is -3.33. The minimum Gasteiger partial charge on any atom is -0.381 e. The van der Waals surface area contributed by atoms with Crippen LogP contribution in [-0.4, -0.2) is 81.3 Å². The van der Waals surface area contributed by atoms with Crippen LogP contribution in [0, 0.1) is 0 Å². The highest BCUT2D eigenvalue weighted by molar-refractivity contribution is 7.89. The molecule has 0 aromatic carbocycles. The molecule has 2 unspecified atom stereocenters. The monoisotopic (exact) mass is 355 g/mol.